The molecule has 2 N–H and O–H groups in total. The Kier molecular flexibility index (Phi) is 7.12. The number of aliphatic hydroxyl groups excluding tert-OH is 1. The summed E-state index contributed by atoms with van der Waals surface area (Å²) in [6, 6.07) is 0. The van der Waals surface area contributed by atoms with Crippen molar-refractivity contribution >= 4 is 0 Å². The number of likely N-dealkylation sites (tertiary alicyclic amines) is 1. The second-order valence-corrected chi connectivity index (χ2v) is 6.10. The first kappa shape index (κ1) is 16.4. The third-order valence-electron chi connectivity index (χ3n) is 4.14. The third-order valence-corrected chi connectivity index (χ3v) is 4.14. The molecule has 0 atom stereocenters. The average molecular weight is 295 g/mol. The lowest BCUT2D eigenvalue weighted by molar-refractivity contribution is 0.190. The van der Waals surface area contributed by atoms with Gasteiger partial charge in [-0.3, -0.25) is 4.68 Å². The molecule has 0 saturated carbocycles. The van der Waals surface area contributed by atoms with Crippen LogP contribution in [-0.2, 0) is 13.1 Å². The molecule has 1 saturated heterocycles. The smallest absolute Gasteiger partial charge is 0.0964 e. The van der Waals surface area contributed by atoms with Crippen LogP contribution in [-0.4, -0.2) is 57.8 Å². The summed E-state index contributed by atoms with van der Waals surface area (Å²) in [7, 11) is 0. The van der Waals surface area contributed by atoms with Crippen LogP contribution in [0.2, 0.25) is 0 Å². The molecule has 0 unspecified atom stereocenters. The Bertz CT molecular complexity index is 387. The lowest BCUT2D eigenvalue weighted by Crippen LogP contribution is -2.34. The number of nitrogens with zero attached hydrogens (tertiary/aromatic N) is 4. The standard InChI is InChI=1S/C15H29N5O/c1-14-4-9-19(10-5-14)7-2-6-16-12-15-13-20(18-17-15)8-3-11-21/h13-14,16,21H,2-12H2,1H3. The van der Waals surface area contributed by atoms with Gasteiger partial charge in [-0.15, -0.1) is 5.10 Å². The van der Waals surface area contributed by atoms with Gasteiger partial charge in [0.1, 0.15) is 0 Å². The number of piperidine rings is 1. The van der Waals surface area contributed by atoms with Crippen LogP contribution in [0.15, 0.2) is 6.20 Å². The molecule has 6 heteroatoms. The lowest BCUT2D eigenvalue weighted by atomic mass is 9.99. The van der Waals surface area contributed by atoms with Crippen LogP contribution in [0.25, 0.3) is 0 Å². The summed E-state index contributed by atoms with van der Waals surface area (Å²) in [4.78, 5) is 2.58. The van der Waals surface area contributed by atoms with Gasteiger partial charge >= 0.3 is 0 Å². The molecule has 6 nitrogen and oxygen atoms in total. The molecule has 1 fully saturated rings. The zero-order valence-electron chi connectivity index (χ0n) is 13.2. The van der Waals surface area contributed by atoms with E-state index in [1.165, 1.54) is 38.9 Å². The monoisotopic (exact) mass is 295 g/mol. The molecule has 21 heavy (non-hydrogen) atoms. The van der Waals surface area contributed by atoms with Crippen LogP contribution in [0.5, 0.6) is 0 Å². The molecule has 120 valence electrons. The van der Waals surface area contributed by atoms with Crippen LogP contribution in [0, 0.1) is 5.92 Å². The van der Waals surface area contributed by atoms with Gasteiger partial charge in [0.05, 0.1) is 5.69 Å². The van der Waals surface area contributed by atoms with Crippen molar-refractivity contribution in [2.24, 2.45) is 5.92 Å². The summed E-state index contributed by atoms with van der Waals surface area (Å²) in [6.07, 6.45) is 6.57. The van der Waals surface area contributed by atoms with Crippen molar-refractivity contribution in [3.05, 3.63) is 11.9 Å². The minimum Gasteiger partial charge on any atom is -0.396 e. The molecule has 1 aromatic heterocycles. The van der Waals surface area contributed by atoms with Gasteiger partial charge in [-0.2, -0.15) is 0 Å². The highest BCUT2D eigenvalue weighted by molar-refractivity contribution is 4.91. The fourth-order valence-corrected chi connectivity index (χ4v) is 2.69. The number of rotatable bonds is 9. The van der Waals surface area contributed by atoms with Gasteiger partial charge in [-0.05, 0) is 57.8 Å². The molecule has 2 rings (SSSR count). The molecule has 0 aromatic carbocycles. The predicted molar refractivity (Wildman–Crippen MR) is 82.9 cm³/mol. The lowest BCUT2D eigenvalue weighted by Gasteiger charge is -2.30. The van der Waals surface area contributed by atoms with E-state index >= 15 is 0 Å². The van der Waals surface area contributed by atoms with E-state index in [-0.39, 0.29) is 6.61 Å². The van der Waals surface area contributed by atoms with Crippen LogP contribution in [0.1, 0.15) is 38.3 Å². The average Bonchev–Trinajstić information content (AvgIpc) is 2.94. The normalized spacial score (nSPS) is 17.4. The predicted octanol–water partition coefficient (Wildman–Crippen LogP) is 0.872. The molecule has 0 spiro atoms. The largest absolute Gasteiger partial charge is 0.396 e. The maximum absolute atomic E-state index is 8.78. The van der Waals surface area contributed by atoms with Gasteiger partial charge in [0.2, 0.25) is 0 Å². The maximum Gasteiger partial charge on any atom is 0.0964 e. The summed E-state index contributed by atoms with van der Waals surface area (Å²) in [5.74, 6) is 0.910. The fraction of sp³-hybridized carbons (Fsp3) is 0.867. The number of nitrogens with one attached hydrogen (secondary N) is 1. The molecular formula is C15H29N5O. The molecule has 0 aliphatic carbocycles. The van der Waals surface area contributed by atoms with Crippen molar-refractivity contribution in [1.29, 1.82) is 0 Å². The Morgan fingerprint density at radius 2 is 2.10 bits per heavy atom. The number of hydrogen-bond acceptors (Lipinski definition) is 5. The molecule has 1 aromatic rings. The molecule has 0 amide bonds. The first-order valence-electron chi connectivity index (χ1n) is 8.21. The third kappa shape index (κ3) is 6.11. The Balaban J connectivity index is 1.52. The van der Waals surface area contributed by atoms with Gasteiger partial charge in [-0.1, -0.05) is 12.1 Å². The summed E-state index contributed by atoms with van der Waals surface area (Å²) in [6.45, 7) is 8.81. The summed E-state index contributed by atoms with van der Waals surface area (Å²) in [5.41, 5.74) is 0.972. The minimum absolute atomic E-state index is 0.197. The zero-order valence-corrected chi connectivity index (χ0v) is 13.2. The van der Waals surface area contributed by atoms with E-state index in [2.05, 4.69) is 27.5 Å². The van der Waals surface area contributed by atoms with Crippen LogP contribution in [0.3, 0.4) is 0 Å². The van der Waals surface area contributed by atoms with Gasteiger partial charge in [0, 0.05) is 25.9 Å². The number of aliphatic hydroxyl groups is 1. The molecule has 2 heterocycles. The van der Waals surface area contributed by atoms with Crippen molar-refractivity contribution in [1.82, 2.24) is 25.2 Å². The van der Waals surface area contributed by atoms with E-state index in [4.69, 9.17) is 5.11 Å². The molecule has 1 aliphatic heterocycles. The van der Waals surface area contributed by atoms with Crippen molar-refractivity contribution in [3.8, 4) is 0 Å². The Morgan fingerprint density at radius 3 is 2.86 bits per heavy atom. The van der Waals surface area contributed by atoms with Crippen LogP contribution < -0.4 is 5.32 Å². The van der Waals surface area contributed by atoms with Crippen molar-refractivity contribution < 1.29 is 5.11 Å². The van der Waals surface area contributed by atoms with Gasteiger partial charge in [0.15, 0.2) is 0 Å². The number of hydrogen-bond donors (Lipinski definition) is 2. The van der Waals surface area contributed by atoms with E-state index in [0.717, 1.165) is 37.7 Å². The van der Waals surface area contributed by atoms with Crippen molar-refractivity contribution in [3.63, 3.8) is 0 Å². The van der Waals surface area contributed by atoms with Gasteiger partial charge in [-0.25, -0.2) is 0 Å². The van der Waals surface area contributed by atoms with E-state index in [0.29, 0.717) is 0 Å². The zero-order chi connectivity index (χ0) is 14.9. The van der Waals surface area contributed by atoms with E-state index in [1.807, 2.05) is 6.20 Å². The van der Waals surface area contributed by atoms with E-state index in [1.54, 1.807) is 4.68 Å². The second kappa shape index (κ2) is 9.12. The molecule has 0 bridgehead atoms. The Hall–Kier alpha value is -0.980. The number of aromatic nitrogens is 3. The number of aryl methyl sites for hydroxylation is 1. The highest BCUT2D eigenvalue weighted by atomic mass is 16.3. The first-order valence-corrected chi connectivity index (χ1v) is 8.21. The van der Waals surface area contributed by atoms with Crippen molar-refractivity contribution in [2.75, 3.05) is 32.8 Å². The van der Waals surface area contributed by atoms with Crippen LogP contribution in [0.4, 0.5) is 0 Å². The molecular weight excluding hydrogens is 266 g/mol. The van der Waals surface area contributed by atoms with Crippen molar-refractivity contribution in [2.45, 2.75) is 45.7 Å². The topological polar surface area (TPSA) is 66.2 Å². The Morgan fingerprint density at radius 1 is 1.29 bits per heavy atom. The summed E-state index contributed by atoms with van der Waals surface area (Å²) in [5, 5.41) is 20.4. The van der Waals surface area contributed by atoms with E-state index in [9.17, 15) is 0 Å². The summed E-state index contributed by atoms with van der Waals surface area (Å²) >= 11 is 0. The quantitative estimate of drug-likeness (QED) is 0.662. The Labute approximate surface area is 127 Å². The minimum atomic E-state index is 0.197. The van der Waals surface area contributed by atoms with Gasteiger partial charge in [0.25, 0.3) is 0 Å². The van der Waals surface area contributed by atoms with Gasteiger partial charge < -0.3 is 15.3 Å². The molecule has 0 radical (unpaired) electrons. The van der Waals surface area contributed by atoms with E-state index < -0.39 is 0 Å². The fourth-order valence-electron chi connectivity index (χ4n) is 2.69. The first-order chi connectivity index (χ1) is 10.3. The van der Waals surface area contributed by atoms with Crippen LogP contribution >= 0.6 is 0 Å². The molecule has 1 aliphatic rings. The highest BCUT2D eigenvalue weighted by Crippen LogP contribution is 2.15. The SMILES string of the molecule is CC1CCN(CCCNCc2cn(CCCO)nn2)CC1. The maximum atomic E-state index is 8.78. The summed E-state index contributed by atoms with van der Waals surface area (Å²) < 4.78 is 1.79. The second-order valence-electron chi connectivity index (χ2n) is 6.10. The highest BCUT2D eigenvalue weighted by Gasteiger charge is 2.14.